The number of rotatable bonds is 9. The van der Waals surface area contributed by atoms with Gasteiger partial charge in [0.1, 0.15) is 11.5 Å². The molecule has 190 valence electrons. The van der Waals surface area contributed by atoms with E-state index >= 15 is 0 Å². The van der Waals surface area contributed by atoms with Crippen LogP contribution in [0.15, 0.2) is 60.8 Å². The molecule has 0 spiro atoms. The molecule has 0 saturated heterocycles. The fourth-order valence-electron chi connectivity index (χ4n) is 3.40. The van der Waals surface area contributed by atoms with Crippen LogP contribution in [-0.2, 0) is 4.79 Å². The molecule has 0 radical (unpaired) electrons. The molecule has 2 aromatic carbocycles. The van der Waals surface area contributed by atoms with Crippen LogP contribution < -0.4 is 14.8 Å². The third-order valence-electron chi connectivity index (χ3n) is 5.40. The average molecular weight is 538 g/mol. The molecule has 4 aromatic rings. The van der Waals surface area contributed by atoms with E-state index in [0.29, 0.717) is 23.1 Å². The number of hydrogen-bond donors (Lipinski definition) is 1. The molecule has 2 aromatic heterocycles. The Kier molecular flexibility index (Phi) is 8.96. The van der Waals surface area contributed by atoms with Gasteiger partial charge >= 0.3 is 0 Å². The number of thiophene rings is 1. The SMILES string of the molecule is CCN(CC)CC#Cc1cc2nccc(Oc3ccc(NC(=O)COc4ccc(Cl)cc4)cc3F)c2s1. The molecule has 9 heteroatoms. The lowest BCUT2D eigenvalue weighted by molar-refractivity contribution is -0.118. The van der Waals surface area contributed by atoms with Crippen molar-refractivity contribution in [3.05, 3.63) is 76.5 Å². The minimum atomic E-state index is -0.614. The summed E-state index contributed by atoms with van der Waals surface area (Å²) >= 11 is 7.29. The van der Waals surface area contributed by atoms with Gasteiger partial charge in [-0.3, -0.25) is 14.7 Å². The number of pyridine rings is 1. The van der Waals surface area contributed by atoms with Gasteiger partial charge in [-0.2, -0.15) is 0 Å². The maximum absolute atomic E-state index is 14.8. The largest absolute Gasteiger partial charge is 0.484 e. The average Bonchev–Trinajstić information content (AvgIpc) is 3.32. The van der Waals surface area contributed by atoms with Crippen molar-refractivity contribution in [3.63, 3.8) is 0 Å². The number of nitrogens with one attached hydrogen (secondary N) is 1. The number of hydrogen-bond acceptors (Lipinski definition) is 6. The van der Waals surface area contributed by atoms with Crippen LogP contribution in [0, 0.1) is 17.7 Å². The van der Waals surface area contributed by atoms with Crippen molar-refractivity contribution in [2.24, 2.45) is 0 Å². The van der Waals surface area contributed by atoms with Gasteiger partial charge in [0.05, 0.1) is 21.6 Å². The highest BCUT2D eigenvalue weighted by Gasteiger charge is 2.13. The Hall–Kier alpha value is -3.64. The molecule has 0 saturated carbocycles. The zero-order chi connectivity index (χ0) is 26.2. The smallest absolute Gasteiger partial charge is 0.262 e. The minimum Gasteiger partial charge on any atom is -0.484 e. The number of anilines is 1. The van der Waals surface area contributed by atoms with Crippen molar-refractivity contribution in [3.8, 4) is 29.1 Å². The van der Waals surface area contributed by atoms with Gasteiger partial charge in [-0.25, -0.2) is 4.39 Å². The maximum Gasteiger partial charge on any atom is 0.262 e. The predicted octanol–water partition coefficient (Wildman–Crippen LogP) is 6.59. The van der Waals surface area contributed by atoms with E-state index in [-0.39, 0.29) is 18.0 Å². The molecular weight excluding hydrogens is 513 g/mol. The van der Waals surface area contributed by atoms with Gasteiger partial charge in [0.25, 0.3) is 5.91 Å². The van der Waals surface area contributed by atoms with Gasteiger partial charge < -0.3 is 14.8 Å². The Balaban J connectivity index is 1.41. The van der Waals surface area contributed by atoms with Crippen molar-refractivity contribution in [1.82, 2.24) is 9.88 Å². The van der Waals surface area contributed by atoms with Gasteiger partial charge in [0.2, 0.25) is 0 Å². The van der Waals surface area contributed by atoms with Crippen LogP contribution in [0.3, 0.4) is 0 Å². The second-order valence-corrected chi connectivity index (χ2v) is 9.42. The van der Waals surface area contributed by atoms with Crippen LogP contribution in [-0.4, -0.2) is 42.0 Å². The molecule has 0 bridgehead atoms. The molecule has 1 amide bonds. The van der Waals surface area contributed by atoms with Crippen LogP contribution in [0.4, 0.5) is 10.1 Å². The summed E-state index contributed by atoms with van der Waals surface area (Å²) in [6.07, 6.45) is 1.62. The summed E-state index contributed by atoms with van der Waals surface area (Å²) < 4.78 is 26.9. The Morgan fingerprint density at radius 1 is 1.11 bits per heavy atom. The Morgan fingerprint density at radius 3 is 2.62 bits per heavy atom. The number of halogens is 2. The van der Waals surface area contributed by atoms with E-state index in [4.69, 9.17) is 21.1 Å². The van der Waals surface area contributed by atoms with E-state index in [0.717, 1.165) is 28.2 Å². The van der Waals surface area contributed by atoms with Crippen LogP contribution in [0.5, 0.6) is 17.2 Å². The zero-order valence-corrected chi connectivity index (χ0v) is 22.0. The van der Waals surface area contributed by atoms with Gasteiger partial charge in [-0.05, 0) is 55.6 Å². The molecule has 6 nitrogen and oxygen atoms in total. The highest BCUT2D eigenvalue weighted by Crippen LogP contribution is 2.36. The first-order valence-corrected chi connectivity index (χ1v) is 12.9. The number of ether oxygens (including phenoxy) is 2. The molecule has 2 heterocycles. The van der Waals surface area contributed by atoms with Crippen molar-refractivity contribution in [2.45, 2.75) is 13.8 Å². The second-order valence-electron chi connectivity index (χ2n) is 7.94. The van der Waals surface area contributed by atoms with E-state index in [1.165, 1.54) is 23.5 Å². The Labute approximate surface area is 224 Å². The first-order chi connectivity index (χ1) is 17.9. The van der Waals surface area contributed by atoms with Crippen molar-refractivity contribution < 1.29 is 18.7 Å². The molecular formula is C28H25ClFN3O3S. The summed E-state index contributed by atoms with van der Waals surface area (Å²) in [6.45, 7) is 6.57. The Morgan fingerprint density at radius 2 is 1.89 bits per heavy atom. The lowest BCUT2D eigenvalue weighted by Gasteiger charge is -2.12. The highest BCUT2D eigenvalue weighted by molar-refractivity contribution is 7.19. The third-order valence-corrected chi connectivity index (χ3v) is 6.71. The number of fused-ring (bicyclic) bond motifs is 1. The first kappa shape index (κ1) is 26.4. The fraction of sp³-hybridized carbons (Fsp3) is 0.214. The Bertz CT molecular complexity index is 1440. The summed E-state index contributed by atoms with van der Waals surface area (Å²) in [5, 5.41) is 3.18. The number of amides is 1. The molecule has 0 aliphatic carbocycles. The van der Waals surface area contributed by atoms with Crippen molar-refractivity contribution >= 4 is 44.7 Å². The highest BCUT2D eigenvalue weighted by atomic mass is 35.5. The summed E-state index contributed by atoms with van der Waals surface area (Å²) in [4.78, 5) is 19.7. The van der Waals surface area contributed by atoms with Crippen LogP contribution >= 0.6 is 22.9 Å². The summed E-state index contributed by atoms with van der Waals surface area (Å²) in [5.74, 6) is 6.36. The summed E-state index contributed by atoms with van der Waals surface area (Å²) in [7, 11) is 0. The van der Waals surface area contributed by atoms with Gasteiger partial charge in [0.15, 0.2) is 18.2 Å². The van der Waals surface area contributed by atoms with Gasteiger partial charge in [0, 0.05) is 29.0 Å². The lowest BCUT2D eigenvalue weighted by atomic mass is 10.2. The number of aromatic nitrogens is 1. The lowest BCUT2D eigenvalue weighted by Crippen LogP contribution is -2.22. The monoisotopic (exact) mass is 537 g/mol. The molecule has 1 N–H and O–H groups in total. The quantitative estimate of drug-likeness (QED) is 0.244. The maximum atomic E-state index is 14.8. The minimum absolute atomic E-state index is 0.0329. The van der Waals surface area contributed by atoms with E-state index in [2.05, 4.69) is 40.9 Å². The van der Waals surface area contributed by atoms with Crippen molar-refractivity contribution in [1.29, 1.82) is 0 Å². The molecule has 4 rings (SSSR count). The van der Waals surface area contributed by atoms with E-state index < -0.39 is 11.7 Å². The van der Waals surface area contributed by atoms with Crippen LogP contribution in [0.25, 0.3) is 10.2 Å². The molecule has 0 fully saturated rings. The summed E-state index contributed by atoms with van der Waals surface area (Å²) in [6, 6.07) is 14.5. The predicted molar refractivity (Wildman–Crippen MR) is 146 cm³/mol. The summed E-state index contributed by atoms with van der Waals surface area (Å²) in [5.41, 5.74) is 1.02. The number of carbonyl (C=O) groups is 1. The third kappa shape index (κ3) is 7.20. The van der Waals surface area contributed by atoms with Crippen LogP contribution in [0.2, 0.25) is 5.02 Å². The molecule has 37 heavy (non-hydrogen) atoms. The number of benzene rings is 2. The van der Waals surface area contributed by atoms with E-state index in [1.54, 1.807) is 42.6 Å². The molecule has 0 unspecified atom stereocenters. The van der Waals surface area contributed by atoms with Gasteiger partial charge in [-0.15, -0.1) is 11.3 Å². The topological polar surface area (TPSA) is 63.7 Å². The second kappa shape index (κ2) is 12.5. The number of carbonyl (C=O) groups excluding carboxylic acids is 1. The van der Waals surface area contributed by atoms with E-state index in [9.17, 15) is 9.18 Å². The molecule has 0 atom stereocenters. The fourth-order valence-corrected chi connectivity index (χ4v) is 4.47. The van der Waals surface area contributed by atoms with E-state index in [1.807, 2.05) is 6.07 Å². The normalized spacial score (nSPS) is 10.7. The van der Waals surface area contributed by atoms with Crippen LogP contribution in [0.1, 0.15) is 18.7 Å². The van der Waals surface area contributed by atoms with Gasteiger partial charge in [-0.1, -0.05) is 37.3 Å². The van der Waals surface area contributed by atoms with Crippen molar-refractivity contribution in [2.75, 3.05) is 31.6 Å². The molecule has 0 aliphatic heterocycles. The number of nitrogens with zero attached hydrogens (tertiary/aromatic N) is 2. The first-order valence-electron chi connectivity index (χ1n) is 11.7. The zero-order valence-electron chi connectivity index (χ0n) is 20.4. The molecule has 0 aliphatic rings. The standard InChI is InChI=1S/C28H25ClFN3O3S/c1-3-33(4-2)15-5-6-22-17-24-28(37-22)26(13-14-31-24)36-25-12-9-20(16-23(25)30)32-27(34)18-35-21-10-7-19(29)8-11-21/h7-14,16-17H,3-4,15,18H2,1-2H3,(H,32,34).